The number of rotatable bonds is 16. The second kappa shape index (κ2) is 24.0. The third-order valence-corrected chi connectivity index (χ3v) is 5.32. The molecule has 2 rings (SSSR count). The molecule has 0 saturated heterocycles. The van der Waals surface area contributed by atoms with Crippen molar-refractivity contribution in [3.63, 3.8) is 0 Å². The number of halogens is 3. The Balaban J connectivity index is 0.000000646. The Morgan fingerprint density at radius 1 is 1.05 bits per heavy atom. The van der Waals surface area contributed by atoms with Crippen LogP contribution in [0.15, 0.2) is 48.6 Å². The van der Waals surface area contributed by atoms with Crippen LogP contribution in [-0.4, -0.2) is 44.6 Å². The van der Waals surface area contributed by atoms with E-state index in [0.717, 1.165) is 18.6 Å². The molecule has 0 N–H and O–H groups in total. The molecule has 0 aliphatic heterocycles. The van der Waals surface area contributed by atoms with Gasteiger partial charge in [0.15, 0.2) is 0 Å². The van der Waals surface area contributed by atoms with Crippen LogP contribution in [0.1, 0.15) is 70.8 Å². The summed E-state index contributed by atoms with van der Waals surface area (Å²) in [6.45, 7) is 5.32. The first-order chi connectivity index (χ1) is 18.7. The van der Waals surface area contributed by atoms with Gasteiger partial charge in [-0.15, -0.1) is 10.1 Å². The van der Waals surface area contributed by atoms with E-state index in [1.54, 1.807) is 6.07 Å². The van der Waals surface area contributed by atoms with Crippen LogP contribution in [0.2, 0.25) is 0 Å². The molecule has 0 unspecified atom stereocenters. The average Bonchev–Trinajstić information content (AvgIpc) is 3.42. The molecule has 39 heavy (non-hydrogen) atoms. The van der Waals surface area contributed by atoms with Crippen molar-refractivity contribution in [2.75, 3.05) is 33.0 Å². The Bertz CT molecular complexity index is 811. The smallest absolute Gasteiger partial charge is 0.416 e. The fourth-order valence-electron chi connectivity index (χ4n) is 3.36. The van der Waals surface area contributed by atoms with E-state index in [1.807, 2.05) is 0 Å². The van der Waals surface area contributed by atoms with Gasteiger partial charge in [0.05, 0.1) is 25.4 Å². The number of ether oxygens (including phenoxy) is 3. The van der Waals surface area contributed by atoms with Gasteiger partial charge < -0.3 is 19.0 Å². The first-order valence-corrected chi connectivity index (χ1v) is 13.2. The largest absolute Gasteiger partial charge is 0.493 e. The van der Waals surface area contributed by atoms with Crippen LogP contribution in [0, 0.1) is 16.0 Å². The summed E-state index contributed by atoms with van der Waals surface area (Å²) in [5, 5.41) is 8.69. The van der Waals surface area contributed by atoms with Gasteiger partial charge in [0.25, 0.3) is 11.6 Å². The summed E-state index contributed by atoms with van der Waals surface area (Å²) in [6, 6.07) is 5.01. The first kappa shape index (κ1) is 35.9. The van der Waals surface area contributed by atoms with Gasteiger partial charge in [-0.1, -0.05) is 63.0 Å². The molecule has 0 atom stereocenters. The number of unbranched alkanes of at least 4 members (excludes halogenated alkanes) is 2. The third-order valence-electron chi connectivity index (χ3n) is 5.32. The molecule has 8 nitrogen and oxygen atoms in total. The van der Waals surface area contributed by atoms with E-state index in [2.05, 4.69) is 47.7 Å². The fourth-order valence-corrected chi connectivity index (χ4v) is 3.36. The summed E-state index contributed by atoms with van der Waals surface area (Å²) >= 11 is 0. The molecule has 1 aliphatic rings. The molecule has 0 radical (unpaired) electrons. The van der Waals surface area contributed by atoms with Crippen molar-refractivity contribution in [1.29, 1.82) is 0 Å². The minimum atomic E-state index is -4.32. The summed E-state index contributed by atoms with van der Waals surface area (Å²) in [4.78, 5) is 23.1. The second-order valence-corrected chi connectivity index (χ2v) is 8.48. The Morgan fingerprint density at radius 3 is 2.38 bits per heavy atom. The van der Waals surface area contributed by atoms with E-state index >= 15 is 0 Å². The number of hydrogen-bond acceptors (Lipinski definition) is 7. The van der Waals surface area contributed by atoms with Crippen molar-refractivity contribution in [2.24, 2.45) is 5.92 Å². The lowest BCUT2D eigenvalue weighted by atomic mass is 10.1. The highest BCUT2D eigenvalue weighted by molar-refractivity contribution is 5.36. The number of hydrogen-bond donors (Lipinski definition) is 0. The molecular weight excluding hydrogens is 519 g/mol. The number of benzene rings is 1. The summed E-state index contributed by atoms with van der Waals surface area (Å²) in [5.74, 6) is 0.956. The highest BCUT2D eigenvalue weighted by Gasteiger charge is 2.30. The number of carbonyl (C=O) groups is 1. The summed E-state index contributed by atoms with van der Waals surface area (Å²) in [6.07, 6.45) is 14.0. The maximum absolute atomic E-state index is 12.5. The Kier molecular flexibility index (Phi) is 22.1. The molecular formula is C28H42F3NO7. The van der Waals surface area contributed by atoms with Crippen molar-refractivity contribution in [1.82, 2.24) is 0 Å². The minimum absolute atomic E-state index is 0.100. The van der Waals surface area contributed by atoms with Gasteiger partial charge in [-0.2, -0.15) is 13.2 Å². The second-order valence-electron chi connectivity index (χ2n) is 8.48. The molecule has 1 aliphatic carbocycles. The zero-order valence-electron chi connectivity index (χ0n) is 22.9. The van der Waals surface area contributed by atoms with Crippen LogP contribution < -0.4 is 4.74 Å². The predicted molar refractivity (Wildman–Crippen MR) is 143 cm³/mol. The number of nitrogens with zero attached hydrogens (tertiary/aromatic N) is 1. The SMILES string of the molecule is C/C=C\CCCC.FC(F)(F)c1cccc(OCC/C=C/C2CCCC2)c1.O=COCCOCCO[N+](=O)[O-]. The van der Waals surface area contributed by atoms with Gasteiger partial charge in [0, 0.05) is 0 Å². The molecule has 1 fully saturated rings. The lowest BCUT2D eigenvalue weighted by molar-refractivity contribution is -0.758. The molecule has 1 aromatic rings. The molecule has 0 spiro atoms. The molecule has 11 heteroatoms. The zero-order chi connectivity index (χ0) is 29.2. The van der Waals surface area contributed by atoms with Gasteiger partial charge in [-0.25, -0.2) is 0 Å². The average molecular weight is 562 g/mol. The number of alkyl halides is 3. The van der Waals surface area contributed by atoms with Gasteiger partial charge in [0.1, 0.15) is 19.0 Å². The Hall–Kier alpha value is -3.08. The van der Waals surface area contributed by atoms with Gasteiger partial charge in [-0.05, 0) is 56.7 Å². The minimum Gasteiger partial charge on any atom is -0.493 e. The Labute approximate surface area is 229 Å². The van der Waals surface area contributed by atoms with E-state index < -0.39 is 16.8 Å². The van der Waals surface area contributed by atoms with E-state index in [4.69, 9.17) is 9.47 Å². The quantitative estimate of drug-likeness (QED) is 0.0684. The van der Waals surface area contributed by atoms with Crippen LogP contribution in [0.3, 0.4) is 0 Å². The van der Waals surface area contributed by atoms with Crippen LogP contribution in [0.4, 0.5) is 13.2 Å². The molecule has 222 valence electrons. The van der Waals surface area contributed by atoms with Crippen LogP contribution in [-0.2, 0) is 25.3 Å². The van der Waals surface area contributed by atoms with E-state index in [9.17, 15) is 28.1 Å². The van der Waals surface area contributed by atoms with E-state index in [-0.39, 0.29) is 32.2 Å². The topological polar surface area (TPSA) is 97.1 Å². The molecule has 1 aromatic carbocycles. The van der Waals surface area contributed by atoms with Crippen molar-refractivity contribution in [2.45, 2.75) is 71.4 Å². The van der Waals surface area contributed by atoms with Crippen molar-refractivity contribution < 1.29 is 42.1 Å². The molecule has 0 bridgehead atoms. The lowest BCUT2D eigenvalue weighted by Crippen LogP contribution is -2.11. The highest BCUT2D eigenvalue weighted by atomic mass is 19.4. The highest BCUT2D eigenvalue weighted by Crippen LogP contribution is 2.31. The number of allylic oxidation sites excluding steroid dienone is 3. The first-order valence-electron chi connectivity index (χ1n) is 13.2. The number of carbonyl (C=O) groups excluding carboxylic acids is 1. The van der Waals surface area contributed by atoms with Gasteiger partial charge in [0.2, 0.25) is 0 Å². The van der Waals surface area contributed by atoms with E-state index in [1.165, 1.54) is 51.0 Å². The summed E-state index contributed by atoms with van der Waals surface area (Å²) in [5.41, 5.74) is -0.670. The van der Waals surface area contributed by atoms with Crippen LogP contribution in [0.5, 0.6) is 5.75 Å². The van der Waals surface area contributed by atoms with Crippen LogP contribution >= 0.6 is 0 Å². The lowest BCUT2D eigenvalue weighted by Gasteiger charge is -2.09. The van der Waals surface area contributed by atoms with Gasteiger partial charge in [-0.3, -0.25) is 4.79 Å². The third kappa shape index (κ3) is 22.6. The fraction of sp³-hybridized carbons (Fsp3) is 0.607. The molecule has 0 heterocycles. The molecule has 0 aromatic heterocycles. The zero-order valence-corrected chi connectivity index (χ0v) is 22.9. The normalized spacial score (nSPS) is 13.4. The predicted octanol–water partition coefficient (Wildman–Crippen LogP) is 7.36. The Morgan fingerprint density at radius 2 is 1.77 bits per heavy atom. The molecule has 0 amide bonds. The standard InChI is InChI=1S/C16H19F3O.C7H14.C5H9NO6/c17-16(18,19)14-9-5-10-15(12-14)20-11-4-3-8-13-6-1-2-7-13;1-3-5-7-6-4-2;7-5-11-2-1-10-3-4-12-6(8)9/h3,5,8-10,12-13H,1-2,4,6-7,11H2;3,5H,4,6-7H2,1-2H3;5H,1-4H2/b8-3+;5-3-;. The van der Waals surface area contributed by atoms with Crippen LogP contribution in [0.25, 0.3) is 0 Å². The van der Waals surface area contributed by atoms with Crippen molar-refractivity contribution >= 4 is 6.47 Å². The van der Waals surface area contributed by atoms with Crippen molar-refractivity contribution in [3.05, 3.63) is 64.2 Å². The monoisotopic (exact) mass is 561 g/mol. The summed E-state index contributed by atoms with van der Waals surface area (Å²) in [7, 11) is 0. The molecule has 1 saturated carbocycles. The van der Waals surface area contributed by atoms with Gasteiger partial charge >= 0.3 is 6.18 Å². The summed E-state index contributed by atoms with van der Waals surface area (Å²) < 4.78 is 52.0. The van der Waals surface area contributed by atoms with E-state index in [0.29, 0.717) is 19.0 Å². The van der Waals surface area contributed by atoms with Crippen molar-refractivity contribution in [3.8, 4) is 5.75 Å². The maximum Gasteiger partial charge on any atom is 0.416 e. The maximum atomic E-state index is 12.5.